The highest BCUT2D eigenvalue weighted by atomic mass is 14.8. The Hall–Kier alpha value is -1.31. The number of aromatic amines is 1. The average molecular weight is 202 g/mol. The second-order valence-corrected chi connectivity index (χ2v) is 4.12. The summed E-state index contributed by atoms with van der Waals surface area (Å²) in [5, 5.41) is 1.33. The zero-order valence-corrected chi connectivity index (χ0v) is 9.51. The number of hydrogen-bond donors (Lipinski definition) is 1. The number of nitrogens with zero attached hydrogens (tertiary/aromatic N) is 1. The Kier molecular flexibility index (Phi) is 3.05. The Labute approximate surface area is 90.7 Å². The summed E-state index contributed by atoms with van der Waals surface area (Å²) in [5.74, 6) is 0. The molecule has 1 N–H and O–H groups in total. The van der Waals surface area contributed by atoms with E-state index in [2.05, 4.69) is 36.1 Å². The van der Waals surface area contributed by atoms with Gasteiger partial charge in [0.15, 0.2) is 0 Å². The van der Waals surface area contributed by atoms with E-state index in [0.29, 0.717) is 0 Å². The summed E-state index contributed by atoms with van der Waals surface area (Å²) in [5.41, 5.74) is 3.78. The highest BCUT2D eigenvalue weighted by molar-refractivity contribution is 5.83. The van der Waals surface area contributed by atoms with Gasteiger partial charge in [0, 0.05) is 17.8 Å². The fraction of sp³-hybridized carbons (Fsp3) is 0.462. The van der Waals surface area contributed by atoms with Gasteiger partial charge in [-0.3, -0.25) is 0 Å². The summed E-state index contributed by atoms with van der Waals surface area (Å²) in [4.78, 5) is 7.58. The molecule has 0 spiro atoms. The van der Waals surface area contributed by atoms with Crippen molar-refractivity contribution in [2.24, 2.45) is 0 Å². The molecule has 0 aromatic carbocycles. The van der Waals surface area contributed by atoms with Gasteiger partial charge in [-0.05, 0) is 37.0 Å². The number of nitrogens with one attached hydrogen (secondary N) is 1. The predicted octanol–water partition coefficient (Wildman–Crippen LogP) is 3.60. The van der Waals surface area contributed by atoms with Crippen LogP contribution >= 0.6 is 0 Å². The van der Waals surface area contributed by atoms with E-state index in [1.165, 1.54) is 42.2 Å². The number of aromatic nitrogens is 2. The first-order chi connectivity index (χ1) is 7.33. The molecule has 2 nitrogen and oxygen atoms in total. The van der Waals surface area contributed by atoms with Crippen molar-refractivity contribution in [3.8, 4) is 0 Å². The SMILES string of the molecule is CCCCCc1c[nH]c2nccc(C)c12. The van der Waals surface area contributed by atoms with Crippen LogP contribution in [-0.2, 0) is 6.42 Å². The minimum Gasteiger partial charge on any atom is -0.346 e. The van der Waals surface area contributed by atoms with Crippen molar-refractivity contribution in [3.63, 3.8) is 0 Å². The van der Waals surface area contributed by atoms with E-state index in [9.17, 15) is 0 Å². The lowest BCUT2D eigenvalue weighted by molar-refractivity contribution is 0.719. The van der Waals surface area contributed by atoms with Crippen molar-refractivity contribution in [1.29, 1.82) is 0 Å². The largest absolute Gasteiger partial charge is 0.346 e. The molecular weight excluding hydrogens is 184 g/mol. The third kappa shape index (κ3) is 2.04. The minimum atomic E-state index is 1.03. The van der Waals surface area contributed by atoms with E-state index in [1.54, 1.807) is 0 Å². The normalized spacial score (nSPS) is 11.1. The first kappa shape index (κ1) is 10.2. The van der Waals surface area contributed by atoms with Gasteiger partial charge in [-0.15, -0.1) is 0 Å². The lowest BCUT2D eigenvalue weighted by Gasteiger charge is -2.00. The number of pyridine rings is 1. The fourth-order valence-electron chi connectivity index (χ4n) is 2.06. The van der Waals surface area contributed by atoms with Crippen molar-refractivity contribution in [2.45, 2.75) is 39.5 Å². The molecule has 0 unspecified atom stereocenters. The standard InChI is InChI=1S/C13H18N2/c1-3-4-5-6-11-9-15-13-12(11)10(2)7-8-14-13/h7-9H,3-6H2,1-2H3,(H,14,15). The predicted molar refractivity (Wildman–Crippen MR) is 64.1 cm³/mol. The molecule has 2 aromatic rings. The maximum atomic E-state index is 4.34. The van der Waals surface area contributed by atoms with Crippen molar-refractivity contribution in [1.82, 2.24) is 9.97 Å². The van der Waals surface area contributed by atoms with Crippen LogP contribution in [0.2, 0.25) is 0 Å². The average Bonchev–Trinajstić information content (AvgIpc) is 2.63. The zero-order chi connectivity index (χ0) is 10.7. The van der Waals surface area contributed by atoms with Gasteiger partial charge in [0.25, 0.3) is 0 Å². The molecule has 0 saturated heterocycles. The highest BCUT2D eigenvalue weighted by Gasteiger charge is 2.06. The lowest BCUT2D eigenvalue weighted by atomic mass is 10.0. The number of hydrogen-bond acceptors (Lipinski definition) is 1. The fourth-order valence-corrected chi connectivity index (χ4v) is 2.06. The molecule has 2 aromatic heterocycles. The van der Waals surface area contributed by atoms with Crippen LogP contribution in [0.5, 0.6) is 0 Å². The Morgan fingerprint density at radius 2 is 2.20 bits per heavy atom. The Morgan fingerprint density at radius 3 is 3.00 bits per heavy atom. The van der Waals surface area contributed by atoms with Crippen LogP contribution in [0.25, 0.3) is 11.0 Å². The molecule has 2 rings (SSSR count). The van der Waals surface area contributed by atoms with Gasteiger partial charge >= 0.3 is 0 Å². The van der Waals surface area contributed by atoms with E-state index >= 15 is 0 Å². The Balaban J connectivity index is 2.27. The smallest absolute Gasteiger partial charge is 0.137 e. The number of fused-ring (bicyclic) bond motifs is 1. The molecule has 0 fully saturated rings. The molecule has 2 heteroatoms. The molecule has 2 heterocycles. The number of aryl methyl sites for hydroxylation is 2. The molecule has 0 atom stereocenters. The van der Waals surface area contributed by atoms with E-state index in [4.69, 9.17) is 0 Å². The topological polar surface area (TPSA) is 28.7 Å². The van der Waals surface area contributed by atoms with Crippen LogP contribution in [0.1, 0.15) is 37.3 Å². The van der Waals surface area contributed by atoms with E-state index in [0.717, 1.165) is 5.65 Å². The second kappa shape index (κ2) is 4.47. The monoisotopic (exact) mass is 202 g/mol. The summed E-state index contributed by atoms with van der Waals surface area (Å²) < 4.78 is 0. The van der Waals surface area contributed by atoms with Gasteiger partial charge in [0.1, 0.15) is 5.65 Å². The van der Waals surface area contributed by atoms with Crippen molar-refractivity contribution >= 4 is 11.0 Å². The number of rotatable bonds is 4. The Bertz CT molecular complexity index is 443. The van der Waals surface area contributed by atoms with Crippen molar-refractivity contribution in [2.75, 3.05) is 0 Å². The molecule has 80 valence electrons. The third-order valence-corrected chi connectivity index (χ3v) is 2.91. The van der Waals surface area contributed by atoms with E-state index < -0.39 is 0 Å². The van der Waals surface area contributed by atoms with Crippen LogP contribution in [0.3, 0.4) is 0 Å². The van der Waals surface area contributed by atoms with E-state index in [1.807, 2.05) is 6.20 Å². The maximum Gasteiger partial charge on any atom is 0.137 e. The van der Waals surface area contributed by atoms with Gasteiger partial charge in [-0.1, -0.05) is 19.8 Å². The van der Waals surface area contributed by atoms with Crippen LogP contribution in [0.4, 0.5) is 0 Å². The van der Waals surface area contributed by atoms with Gasteiger partial charge in [-0.25, -0.2) is 4.98 Å². The van der Waals surface area contributed by atoms with Gasteiger partial charge in [-0.2, -0.15) is 0 Å². The van der Waals surface area contributed by atoms with Gasteiger partial charge < -0.3 is 4.98 Å². The number of H-pyrrole nitrogens is 1. The molecular formula is C13H18N2. The van der Waals surface area contributed by atoms with Crippen molar-refractivity contribution < 1.29 is 0 Å². The first-order valence-corrected chi connectivity index (χ1v) is 5.74. The summed E-state index contributed by atoms with van der Waals surface area (Å²) in [6.07, 6.45) is 9.01. The van der Waals surface area contributed by atoms with Crippen molar-refractivity contribution in [3.05, 3.63) is 29.6 Å². The second-order valence-electron chi connectivity index (χ2n) is 4.12. The molecule has 0 saturated carbocycles. The third-order valence-electron chi connectivity index (χ3n) is 2.91. The van der Waals surface area contributed by atoms with Crippen LogP contribution < -0.4 is 0 Å². The summed E-state index contributed by atoms with van der Waals surface area (Å²) in [6.45, 7) is 4.39. The highest BCUT2D eigenvalue weighted by Crippen LogP contribution is 2.21. The zero-order valence-electron chi connectivity index (χ0n) is 9.51. The summed E-state index contributed by atoms with van der Waals surface area (Å²) in [7, 11) is 0. The quantitative estimate of drug-likeness (QED) is 0.754. The first-order valence-electron chi connectivity index (χ1n) is 5.74. The Morgan fingerprint density at radius 1 is 1.33 bits per heavy atom. The van der Waals surface area contributed by atoms with Gasteiger partial charge in [0.2, 0.25) is 0 Å². The van der Waals surface area contributed by atoms with Crippen LogP contribution in [0, 0.1) is 6.92 Å². The molecule has 0 aliphatic heterocycles. The minimum absolute atomic E-state index is 1.03. The van der Waals surface area contributed by atoms with E-state index in [-0.39, 0.29) is 0 Å². The molecule has 0 amide bonds. The molecule has 0 aliphatic rings. The molecule has 0 aliphatic carbocycles. The maximum absolute atomic E-state index is 4.34. The molecule has 0 radical (unpaired) electrons. The molecule has 15 heavy (non-hydrogen) atoms. The van der Waals surface area contributed by atoms with Crippen LogP contribution in [-0.4, -0.2) is 9.97 Å². The van der Waals surface area contributed by atoms with Gasteiger partial charge in [0.05, 0.1) is 0 Å². The molecule has 0 bridgehead atoms. The number of unbranched alkanes of at least 4 members (excludes halogenated alkanes) is 2. The lowest BCUT2D eigenvalue weighted by Crippen LogP contribution is -1.86. The van der Waals surface area contributed by atoms with Crippen LogP contribution in [0.15, 0.2) is 18.5 Å². The summed E-state index contributed by atoms with van der Waals surface area (Å²) >= 11 is 0. The summed E-state index contributed by atoms with van der Waals surface area (Å²) in [6, 6.07) is 2.08.